The van der Waals surface area contributed by atoms with Gasteiger partial charge in [0.05, 0.1) is 7.11 Å². The molecule has 0 bridgehead atoms. The van der Waals surface area contributed by atoms with E-state index in [1.54, 1.807) is 7.11 Å². The molecule has 0 radical (unpaired) electrons. The lowest BCUT2D eigenvalue weighted by Gasteiger charge is -2.20. The Morgan fingerprint density at radius 1 is 1.50 bits per heavy atom. The molecule has 2 atom stereocenters. The maximum atomic E-state index is 13.2. The van der Waals surface area contributed by atoms with E-state index < -0.39 is 5.92 Å². The fourth-order valence-electron chi connectivity index (χ4n) is 2.94. The zero-order chi connectivity index (χ0) is 14.6. The van der Waals surface area contributed by atoms with Crippen LogP contribution < -0.4 is 16.0 Å². The number of ether oxygens (including phenoxy) is 1. The van der Waals surface area contributed by atoms with Gasteiger partial charge in [-0.2, -0.15) is 0 Å². The Labute approximate surface area is 118 Å². The number of methoxy groups -OCH3 is 1. The predicted molar refractivity (Wildman–Crippen MR) is 74.7 cm³/mol. The molecule has 1 fully saturated rings. The highest BCUT2D eigenvalue weighted by molar-refractivity contribution is 5.28. The van der Waals surface area contributed by atoms with Gasteiger partial charge < -0.3 is 4.74 Å². The Morgan fingerprint density at radius 3 is 2.90 bits per heavy atom. The van der Waals surface area contributed by atoms with Gasteiger partial charge in [0.25, 0.3) is 0 Å². The van der Waals surface area contributed by atoms with E-state index in [9.17, 15) is 8.78 Å². The number of rotatable bonds is 6. The van der Waals surface area contributed by atoms with Crippen molar-refractivity contribution in [2.45, 2.75) is 44.1 Å². The third-order valence-corrected chi connectivity index (χ3v) is 3.98. The maximum Gasteiger partial charge on any atom is 0.248 e. The molecule has 1 aliphatic rings. The number of alkyl halides is 2. The number of benzene rings is 1. The Balaban J connectivity index is 1.92. The molecule has 3 nitrogen and oxygen atoms in total. The van der Waals surface area contributed by atoms with Crippen LogP contribution in [0.15, 0.2) is 24.3 Å². The van der Waals surface area contributed by atoms with Crippen LogP contribution in [0.4, 0.5) is 8.78 Å². The minimum Gasteiger partial charge on any atom is -0.497 e. The highest BCUT2D eigenvalue weighted by atomic mass is 19.3. The van der Waals surface area contributed by atoms with Gasteiger partial charge in [-0.1, -0.05) is 12.1 Å². The molecule has 112 valence electrons. The molecular weight excluding hydrogens is 262 g/mol. The van der Waals surface area contributed by atoms with Crippen molar-refractivity contribution >= 4 is 0 Å². The summed E-state index contributed by atoms with van der Waals surface area (Å²) in [5, 5.41) is 0. The topological polar surface area (TPSA) is 47.3 Å². The van der Waals surface area contributed by atoms with Gasteiger partial charge >= 0.3 is 0 Å². The van der Waals surface area contributed by atoms with Gasteiger partial charge in [-0.3, -0.25) is 11.3 Å². The van der Waals surface area contributed by atoms with E-state index in [0.717, 1.165) is 17.7 Å². The summed E-state index contributed by atoms with van der Waals surface area (Å²) in [4.78, 5) is 0. The molecule has 0 spiro atoms. The van der Waals surface area contributed by atoms with Gasteiger partial charge in [-0.15, -0.1) is 0 Å². The van der Waals surface area contributed by atoms with E-state index >= 15 is 0 Å². The number of halogens is 2. The second-order valence-electron chi connectivity index (χ2n) is 5.62. The molecule has 0 amide bonds. The van der Waals surface area contributed by atoms with Crippen LogP contribution in [0.2, 0.25) is 0 Å². The van der Waals surface area contributed by atoms with Crippen LogP contribution in [0.3, 0.4) is 0 Å². The second-order valence-corrected chi connectivity index (χ2v) is 5.62. The smallest absolute Gasteiger partial charge is 0.248 e. The Bertz CT molecular complexity index is 440. The van der Waals surface area contributed by atoms with Crippen LogP contribution in [0, 0.1) is 5.92 Å². The van der Waals surface area contributed by atoms with E-state index in [-0.39, 0.29) is 24.8 Å². The van der Waals surface area contributed by atoms with Crippen LogP contribution >= 0.6 is 0 Å². The summed E-state index contributed by atoms with van der Waals surface area (Å²) in [7, 11) is 1.62. The standard InChI is InChI=1S/C15H22F2N2O/c1-20-14-4-2-3-11(9-14)7-13(19-18)8-12-5-6-15(16,17)10-12/h2-4,9,12-13,19H,5-8,10,18H2,1H3. The van der Waals surface area contributed by atoms with E-state index in [2.05, 4.69) is 5.43 Å². The quantitative estimate of drug-likeness (QED) is 0.624. The van der Waals surface area contributed by atoms with Gasteiger partial charge in [-0.05, 0) is 42.9 Å². The van der Waals surface area contributed by atoms with Gasteiger partial charge in [0.2, 0.25) is 5.92 Å². The molecule has 1 saturated carbocycles. The average Bonchev–Trinajstić information content (AvgIpc) is 2.77. The van der Waals surface area contributed by atoms with Gasteiger partial charge in [0.15, 0.2) is 0 Å². The normalized spacial score (nSPS) is 22.7. The fraction of sp³-hybridized carbons (Fsp3) is 0.600. The van der Waals surface area contributed by atoms with E-state index in [4.69, 9.17) is 10.6 Å². The predicted octanol–water partition coefficient (Wildman–Crippen LogP) is 2.90. The molecule has 2 rings (SSSR count). The molecule has 1 aliphatic carbocycles. The van der Waals surface area contributed by atoms with Crippen molar-refractivity contribution in [3.63, 3.8) is 0 Å². The zero-order valence-electron chi connectivity index (χ0n) is 11.7. The lowest BCUT2D eigenvalue weighted by molar-refractivity contribution is 0.00432. The molecular formula is C15H22F2N2O. The minimum absolute atomic E-state index is 0.00805. The monoisotopic (exact) mass is 284 g/mol. The van der Waals surface area contributed by atoms with Crippen LogP contribution in [-0.4, -0.2) is 19.1 Å². The summed E-state index contributed by atoms with van der Waals surface area (Å²) in [5.41, 5.74) is 3.85. The van der Waals surface area contributed by atoms with Crippen molar-refractivity contribution < 1.29 is 13.5 Å². The fourth-order valence-corrected chi connectivity index (χ4v) is 2.94. The summed E-state index contributed by atoms with van der Waals surface area (Å²) in [5.74, 6) is 3.93. The highest BCUT2D eigenvalue weighted by Crippen LogP contribution is 2.40. The molecule has 5 heteroatoms. The Morgan fingerprint density at radius 2 is 2.30 bits per heavy atom. The molecule has 3 N–H and O–H groups in total. The first-order chi connectivity index (χ1) is 9.52. The number of nitrogens with one attached hydrogen (secondary N) is 1. The third-order valence-electron chi connectivity index (χ3n) is 3.98. The summed E-state index contributed by atoms with van der Waals surface area (Å²) < 4.78 is 31.6. The Kier molecular flexibility index (Phi) is 4.94. The van der Waals surface area contributed by atoms with Crippen molar-refractivity contribution in [3.8, 4) is 5.75 Å². The number of hydrogen-bond donors (Lipinski definition) is 2. The van der Waals surface area contributed by atoms with Gasteiger partial charge in [0.1, 0.15) is 5.75 Å². The van der Waals surface area contributed by atoms with Crippen LogP contribution in [0.25, 0.3) is 0 Å². The van der Waals surface area contributed by atoms with Crippen molar-refractivity contribution in [2.75, 3.05) is 7.11 Å². The molecule has 0 aromatic heterocycles. The number of hydrogen-bond acceptors (Lipinski definition) is 3. The van der Waals surface area contributed by atoms with Crippen molar-refractivity contribution in [1.29, 1.82) is 0 Å². The Hall–Kier alpha value is -1.20. The summed E-state index contributed by atoms with van der Waals surface area (Å²) in [6.07, 6.45) is 1.99. The van der Waals surface area contributed by atoms with Crippen molar-refractivity contribution in [2.24, 2.45) is 11.8 Å². The first-order valence-corrected chi connectivity index (χ1v) is 6.99. The largest absolute Gasteiger partial charge is 0.497 e. The SMILES string of the molecule is COc1cccc(CC(CC2CCC(F)(F)C2)NN)c1. The average molecular weight is 284 g/mol. The first kappa shape index (κ1) is 15.2. The summed E-state index contributed by atoms with van der Waals surface area (Å²) in [6.45, 7) is 0. The molecule has 2 unspecified atom stereocenters. The first-order valence-electron chi connectivity index (χ1n) is 6.99. The maximum absolute atomic E-state index is 13.2. The lowest BCUT2D eigenvalue weighted by atomic mass is 9.94. The molecule has 0 heterocycles. The molecule has 1 aromatic rings. The van der Waals surface area contributed by atoms with E-state index in [0.29, 0.717) is 12.8 Å². The highest BCUT2D eigenvalue weighted by Gasteiger charge is 2.39. The van der Waals surface area contributed by atoms with Crippen LogP contribution in [-0.2, 0) is 6.42 Å². The zero-order valence-corrected chi connectivity index (χ0v) is 11.7. The molecule has 20 heavy (non-hydrogen) atoms. The number of nitrogens with two attached hydrogens (primary N) is 1. The van der Waals surface area contributed by atoms with Crippen LogP contribution in [0.1, 0.15) is 31.2 Å². The lowest BCUT2D eigenvalue weighted by Crippen LogP contribution is -2.38. The van der Waals surface area contributed by atoms with Crippen molar-refractivity contribution in [1.82, 2.24) is 5.43 Å². The van der Waals surface area contributed by atoms with Crippen molar-refractivity contribution in [3.05, 3.63) is 29.8 Å². The van der Waals surface area contributed by atoms with E-state index in [1.807, 2.05) is 24.3 Å². The third kappa shape index (κ3) is 4.15. The second kappa shape index (κ2) is 6.50. The molecule has 1 aromatic carbocycles. The summed E-state index contributed by atoms with van der Waals surface area (Å²) in [6, 6.07) is 7.77. The molecule has 0 aliphatic heterocycles. The van der Waals surface area contributed by atoms with Gasteiger partial charge in [-0.25, -0.2) is 8.78 Å². The van der Waals surface area contributed by atoms with E-state index in [1.165, 1.54) is 0 Å². The summed E-state index contributed by atoms with van der Waals surface area (Å²) >= 11 is 0. The van der Waals surface area contributed by atoms with Crippen LogP contribution in [0.5, 0.6) is 5.75 Å². The minimum atomic E-state index is -2.49. The number of hydrazine groups is 1. The molecule has 0 saturated heterocycles. The van der Waals surface area contributed by atoms with Gasteiger partial charge in [0, 0.05) is 18.9 Å².